The molecule has 21 heavy (non-hydrogen) atoms. The predicted octanol–water partition coefficient (Wildman–Crippen LogP) is 1.61. The van der Waals surface area contributed by atoms with Crippen molar-refractivity contribution >= 4 is 17.5 Å². The highest BCUT2D eigenvalue weighted by molar-refractivity contribution is 5.94. The summed E-state index contributed by atoms with van der Waals surface area (Å²) in [5.41, 5.74) is 1.57. The zero-order valence-electron chi connectivity index (χ0n) is 12.1. The molecule has 2 amide bonds. The van der Waals surface area contributed by atoms with Crippen molar-refractivity contribution in [1.82, 2.24) is 10.2 Å². The van der Waals surface area contributed by atoms with E-state index in [0.29, 0.717) is 11.6 Å². The van der Waals surface area contributed by atoms with Gasteiger partial charge in [0.05, 0.1) is 6.54 Å². The van der Waals surface area contributed by atoms with E-state index in [1.165, 1.54) is 0 Å². The molecular weight excluding hydrogens is 266 g/mol. The largest absolute Gasteiger partial charge is 0.376 e. The Bertz CT molecular complexity index is 517. The first-order valence-electron chi connectivity index (χ1n) is 7.65. The third-order valence-corrected chi connectivity index (χ3v) is 3.92. The molecule has 5 nitrogen and oxygen atoms in total. The van der Waals surface area contributed by atoms with Crippen LogP contribution in [-0.2, 0) is 4.79 Å². The van der Waals surface area contributed by atoms with E-state index < -0.39 is 0 Å². The second-order valence-corrected chi connectivity index (χ2v) is 5.77. The quantitative estimate of drug-likeness (QED) is 0.865. The minimum Gasteiger partial charge on any atom is -0.376 e. The molecule has 0 bridgehead atoms. The molecule has 5 heteroatoms. The molecule has 1 aliphatic carbocycles. The molecule has 2 fully saturated rings. The molecular formula is C16H21N3O2. The second kappa shape index (κ2) is 6.16. The average Bonchev–Trinajstić information content (AvgIpc) is 3.15. The van der Waals surface area contributed by atoms with Crippen molar-refractivity contribution in [2.24, 2.45) is 0 Å². The topological polar surface area (TPSA) is 61.4 Å². The Balaban J connectivity index is 1.51. The van der Waals surface area contributed by atoms with E-state index in [-0.39, 0.29) is 18.4 Å². The van der Waals surface area contributed by atoms with Gasteiger partial charge < -0.3 is 15.5 Å². The number of carbonyl (C=O) groups is 2. The molecule has 112 valence electrons. The summed E-state index contributed by atoms with van der Waals surface area (Å²) in [5.74, 6) is 0.125. The average molecular weight is 287 g/mol. The van der Waals surface area contributed by atoms with Gasteiger partial charge >= 0.3 is 0 Å². The second-order valence-electron chi connectivity index (χ2n) is 5.77. The van der Waals surface area contributed by atoms with Crippen LogP contribution < -0.4 is 10.6 Å². The summed E-state index contributed by atoms with van der Waals surface area (Å²) in [7, 11) is 0. The van der Waals surface area contributed by atoms with Gasteiger partial charge in [-0.2, -0.15) is 0 Å². The lowest BCUT2D eigenvalue weighted by molar-refractivity contribution is -0.119. The fourth-order valence-electron chi connectivity index (χ4n) is 2.52. The number of rotatable bonds is 5. The Morgan fingerprint density at radius 2 is 1.76 bits per heavy atom. The van der Waals surface area contributed by atoms with Gasteiger partial charge in [-0.15, -0.1) is 0 Å². The summed E-state index contributed by atoms with van der Waals surface area (Å²) in [5, 5.41) is 6.00. The Labute approximate surface area is 124 Å². The van der Waals surface area contributed by atoms with Gasteiger partial charge in [0.15, 0.2) is 0 Å². The molecule has 0 radical (unpaired) electrons. The van der Waals surface area contributed by atoms with Gasteiger partial charge in [0, 0.05) is 30.4 Å². The number of benzene rings is 1. The molecule has 0 aromatic heterocycles. The van der Waals surface area contributed by atoms with E-state index in [9.17, 15) is 9.59 Å². The maximum Gasteiger partial charge on any atom is 0.253 e. The van der Waals surface area contributed by atoms with Crippen LogP contribution in [0.2, 0.25) is 0 Å². The summed E-state index contributed by atoms with van der Waals surface area (Å²) >= 11 is 0. The van der Waals surface area contributed by atoms with Crippen molar-refractivity contribution in [3.8, 4) is 0 Å². The van der Waals surface area contributed by atoms with Gasteiger partial charge in [0.25, 0.3) is 5.91 Å². The standard InChI is InChI=1S/C16H21N3O2/c20-15(18-14-7-8-14)11-17-13-5-3-12(4-6-13)16(21)19-9-1-2-10-19/h3-6,14,17H,1-2,7-11H2,(H,18,20). The monoisotopic (exact) mass is 287 g/mol. The summed E-state index contributed by atoms with van der Waals surface area (Å²) in [6, 6.07) is 7.74. The zero-order valence-corrected chi connectivity index (χ0v) is 12.1. The lowest BCUT2D eigenvalue weighted by atomic mass is 10.2. The highest BCUT2D eigenvalue weighted by Gasteiger charge is 2.23. The maximum absolute atomic E-state index is 12.2. The van der Waals surface area contributed by atoms with Gasteiger partial charge in [-0.3, -0.25) is 9.59 Å². The van der Waals surface area contributed by atoms with Crippen molar-refractivity contribution in [3.63, 3.8) is 0 Å². The molecule has 1 aliphatic heterocycles. The third-order valence-electron chi connectivity index (χ3n) is 3.92. The first kappa shape index (κ1) is 13.9. The number of hydrogen-bond donors (Lipinski definition) is 2. The lowest BCUT2D eigenvalue weighted by Crippen LogP contribution is -2.31. The molecule has 0 unspecified atom stereocenters. The number of amides is 2. The molecule has 2 N–H and O–H groups in total. The number of nitrogens with one attached hydrogen (secondary N) is 2. The zero-order chi connectivity index (χ0) is 14.7. The van der Waals surface area contributed by atoms with Gasteiger partial charge in [-0.05, 0) is 49.9 Å². The molecule has 1 heterocycles. The van der Waals surface area contributed by atoms with E-state index in [0.717, 1.165) is 44.5 Å². The van der Waals surface area contributed by atoms with Crippen LogP contribution in [0.1, 0.15) is 36.0 Å². The summed E-state index contributed by atoms with van der Waals surface area (Å²) in [4.78, 5) is 25.7. The van der Waals surface area contributed by atoms with Crippen LogP contribution in [-0.4, -0.2) is 42.4 Å². The summed E-state index contributed by atoms with van der Waals surface area (Å²) in [6.07, 6.45) is 4.39. The van der Waals surface area contributed by atoms with Crippen LogP contribution in [0.4, 0.5) is 5.69 Å². The fourth-order valence-corrected chi connectivity index (χ4v) is 2.52. The Morgan fingerprint density at radius 3 is 2.38 bits per heavy atom. The minimum atomic E-state index is 0.0229. The minimum absolute atomic E-state index is 0.0229. The molecule has 0 spiro atoms. The lowest BCUT2D eigenvalue weighted by Gasteiger charge is -2.15. The van der Waals surface area contributed by atoms with Crippen LogP contribution in [0.3, 0.4) is 0 Å². The molecule has 1 saturated carbocycles. The first-order valence-corrected chi connectivity index (χ1v) is 7.65. The third kappa shape index (κ3) is 3.74. The van der Waals surface area contributed by atoms with E-state index in [1.54, 1.807) is 0 Å². The normalized spacial score (nSPS) is 17.6. The first-order chi connectivity index (χ1) is 10.2. The number of hydrogen-bond acceptors (Lipinski definition) is 3. The molecule has 1 aromatic carbocycles. The Morgan fingerprint density at radius 1 is 1.10 bits per heavy atom. The molecule has 2 aliphatic rings. The SMILES string of the molecule is O=C(CNc1ccc(C(=O)N2CCCC2)cc1)NC1CC1. The van der Waals surface area contributed by atoms with Gasteiger partial charge in [-0.1, -0.05) is 0 Å². The van der Waals surface area contributed by atoms with Crippen LogP contribution >= 0.6 is 0 Å². The molecule has 1 aromatic rings. The predicted molar refractivity (Wildman–Crippen MR) is 81.2 cm³/mol. The summed E-state index contributed by atoms with van der Waals surface area (Å²) in [6.45, 7) is 2.00. The van der Waals surface area contributed by atoms with Crippen LogP contribution in [0.15, 0.2) is 24.3 Å². The molecule has 0 atom stereocenters. The van der Waals surface area contributed by atoms with Gasteiger partial charge in [0.1, 0.15) is 0 Å². The van der Waals surface area contributed by atoms with Crippen LogP contribution in [0.25, 0.3) is 0 Å². The van der Waals surface area contributed by atoms with Crippen molar-refractivity contribution in [2.75, 3.05) is 25.0 Å². The van der Waals surface area contributed by atoms with Gasteiger partial charge in [0.2, 0.25) is 5.91 Å². The number of anilines is 1. The van der Waals surface area contributed by atoms with Crippen molar-refractivity contribution < 1.29 is 9.59 Å². The Kier molecular flexibility index (Phi) is 4.08. The van der Waals surface area contributed by atoms with E-state index in [4.69, 9.17) is 0 Å². The molecule has 3 rings (SSSR count). The number of nitrogens with zero attached hydrogens (tertiary/aromatic N) is 1. The number of likely N-dealkylation sites (tertiary alicyclic amines) is 1. The smallest absolute Gasteiger partial charge is 0.253 e. The Hall–Kier alpha value is -2.04. The fraction of sp³-hybridized carbons (Fsp3) is 0.500. The maximum atomic E-state index is 12.2. The van der Waals surface area contributed by atoms with Crippen LogP contribution in [0, 0.1) is 0 Å². The highest BCUT2D eigenvalue weighted by Crippen LogP contribution is 2.18. The van der Waals surface area contributed by atoms with Crippen molar-refractivity contribution in [2.45, 2.75) is 31.7 Å². The summed E-state index contributed by atoms with van der Waals surface area (Å²) < 4.78 is 0. The van der Waals surface area contributed by atoms with Crippen molar-refractivity contribution in [3.05, 3.63) is 29.8 Å². The van der Waals surface area contributed by atoms with Crippen LogP contribution in [0.5, 0.6) is 0 Å². The van der Waals surface area contributed by atoms with Crippen molar-refractivity contribution in [1.29, 1.82) is 0 Å². The van der Waals surface area contributed by atoms with E-state index >= 15 is 0 Å². The van der Waals surface area contributed by atoms with Gasteiger partial charge in [-0.25, -0.2) is 0 Å². The van der Waals surface area contributed by atoms with E-state index in [2.05, 4.69) is 10.6 Å². The van der Waals surface area contributed by atoms with E-state index in [1.807, 2.05) is 29.2 Å². The molecule has 1 saturated heterocycles. The highest BCUT2D eigenvalue weighted by atomic mass is 16.2. The number of carbonyl (C=O) groups excluding carboxylic acids is 2.